The number of nitrogen functional groups attached to an aromatic ring is 1. The van der Waals surface area contributed by atoms with E-state index in [1.807, 2.05) is 0 Å². The van der Waals surface area contributed by atoms with Crippen LogP contribution >= 0.6 is 0 Å². The summed E-state index contributed by atoms with van der Waals surface area (Å²) in [5.74, 6) is -2.58. The molecule has 2 aromatic heterocycles. The molecule has 2 heterocycles. The fourth-order valence-electron chi connectivity index (χ4n) is 2.88. The molecule has 0 saturated heterocycles. The number of nitrogens with zero attached hydrogens (tertiary/aromatic N) is 3. The Bertz CT molecular complexity index is 1020. The van der Waals surface area contributed by atoms with Crippen molar-refractivity contribution in [2.45, 2.75) is 25.2 Å². The predicted octanol–water partition coefficient (Wildman–Crippen LogP) is 3.94. The van der Waals surface area contributed by atoms with Crippen LogP contribution in [0.4, 0.5) is 32.2 Å². The zero-order valence-corrected chi connectivity index (χ0v) is 14.3. The van der Waals surface area contributed by atoms with Crippen LogP contribution in [0, 0.1) is 6.92 Å². The lowest BCUT2D eigenvalue weighted by molar-refractivity contribution is -0.158. The van der Waals surface area contributed by atoms with Crippen molar-refractivity contribution in [3.63, 3.8) is 0 Å². The topological polar surface area (TPSA) is 76.4 Å². The second-order valence-corrected chi connectivity index (χ2v) is 6.20. The summed E-state index contributed by atoms with van der Waals surface area (Å²) >= 11 is 0. The van der Waals surface area contributed by atoms with E-state index in [0.29, 0.717) is 11.8 Å². The molecule has 11 heteroatoms. The molecular weight excluding hydrogens is 390 g/mol. The number of benzene rings is 1. The number of aryl methyl sites for hydroxylation is 1. The number of hydrogen-bond acceptors (Lipinski definition) is 4. The molecule has 150 valence electrons. The maximum atomic E-state index is 13.1. The molecule has 0 fully saturated rings. The third kappa shape index (κ3) is 3.49. The summed E-state index contributed by atoms with van der Waals surface area (Å²) < 4.78 is 79.6. The highest BCUT2D eigenvalue weighted by Crippen LogP contribution is 2.37. The van der Waals surface area contributed by atoms with Crippen LogP contribution in [0.2, 0.25) is 0 Å². The number of aliphatic hydroxyl groups excluding tert-OH is 1. The highest BCUT2D eigenvalue weighted by Gasteiger charge is 2.40. The van der Waals surface area contributed by atoms with Gasteiger partial charge in [-0.1, -0.05) is 12.1 Å². The number of nitrogens with two attached hydrogens (primary N) is 1. The van der Waals surface area contributed by atoms with Gasteiger partial charge in [-0.05, 0) is 24.1 Å². The van der Waals surface area contributed by atoms with Gasteiger partial charge in [0.05, 0.1) is 18.5 Å². The van der Waals surface area contributed by atoms with E-state index in [9.17, 15) is 26.3 Å². The molecule has 0 aliphatic carbocycles. The molecule has 0 aliphatic rings. The Morgan fingerprint density at radius 1 is 1.18 bits per heavy atom. The summed E-state index contributed by atoms with van der Waals surface area (Å²) in [6.45, 7) is 0.434. The van der Waals surface area contributed by atoms with Crippen molar-refractivity contribution in [2.75, 3.05) is 12.3 Å². The van der Waals surface area contributed by atoms with E-state index in [2.05, 4.69) is 9.97 Å². The SMILES string of the molecule is Cc1ccc(C(CO)C(F)(F)F)cc1-c1cnc2c(N)nc(C(F)(F)F)cn12. The number of halogens is 6. The number of aromatic nitrogens is 3. The molecule has 1 aromatic carbocycles. The van der Waals surface area contributed by atoms with Crippen molar-refractivity contribution in [3.8, 4) is 11.3 Å². The predicted molar refractivity (Wildman–Crippen MR) is 88.5 cm³/mol. The largest absolute Gasteiger partial charge is 0.434 e. The summed E-state index contributed by atoms with van der Waals surface area (Å²) in [4.78, 5) is 7.22. The van der Waals surface area contributed by atoms with Gasteiger partial charge in [0.15, 0.2) is 17.2 Å². The fraction of sp³-hybridized carbons (Fsp3) is 0.294. The zero-order chi connectivity index (χ0) is 20.9. The molecule has 5 nitrogen and oxygen atoms in total. The lowest BCUT2D eigenvalue weighted by Gasteiger charge is -2.19. The Kier molecular flexibility index (Phi) is 4.74. The average molecular weight is 404 g/mol. The minimum atomic E-state index is -4.76. The number of rotatable bonds is 3. The van der Waals surface area contributed by atoms with Gasteiger partial charge < -0.3 is 10.8 Å². The number of anilines is 1. The quantitative estimate of drug-likeness (QED) is 0.649. The van der Waals surface area contributed by atoms with Crippen LogP contribution in [-0.4, -0.2) is 32.3 Å². The smallest absolute Gasteiger partial charge is 0.395 e. The second-order valence-electron chi connectivity index (χ2n) is 6.20. The molecule has 0 bridgehead atoms. The van der Waals surface area contributed by atoms with Crippen molar-refractivity contribution in [3.05, 3.63) is 47.4 Å². The first-order valence-electron chi connectivity index (χ1n) is 7.92. The number of imidazole rings is 1. The molecule has 3 rings (SSSR count). The van der Waals surface area contributed by atoms with E-state index in [-0.39, 0.29) is 22.5 Å². The van der Waals surface area contributed by atoms with Gasteiger partial charge in [0, 0.05) is 11.8 Å². The third-order valence-electron chi connectivity index (χ3n) is 4.33. The highest BCUT2D eigenvalue weighted by molar-refractivity contribution is 5.72. The Labute approximate surface area is 154 Å². The first kappa shape index (κ1) is 19.9. The van der Waals surface area contributed by atoms with E-state index < -0.39 is 36.4 Å². The normalized spacial score (nSPS) is 13.9. The van der Waals surface area contributed by atoms with Gasteiger partial charge in [0.25, 0.3) is 0 Å². The molecular formula is C17H14F6N4O. The number of aliphatic hydroxyl groups is 1. The Morgan fingerprint density at radius 2 is 1.86 bits per heavy atom. The summed E-state index contributed by atoms with van der Waals surface area (Å²) in [6, 6.07) is 3.79. The van der Waals surface area contributed by atoms with Crippen LogP contribution in [0.1, 0.15) is 22.7 Å². The first-order valence-corrected chi connectivity index (χ1v) is 7.92. The molecule has 0 spiro atoms. The van der Waals surface area contributed by atoms with Crippen molar-refractivity contribution in [2.24, 2.45) is 0 Å². The van der Waals surface area contributed by atoms with Gasteiger partial charge in [-0.2, -0.15) is 26.3 Å². The summed E-state index contributed by atoms with van der Waals surface area (Å²) in [5.41, 5.74) is 4.89. The Balaban J connectivity index is 2.23. The maximum Gasteiger partial charge on any atom is 0.434 e. The van der Waals surface area contributed by atoms with Crippen LogP contribution in [0.25, 0.3) is 16.9 Å². The van der Waals surface area contributed by atoms with Crippen LogP contribution in [0.15, 0.2) is 30.6 Å². The molecule has 3 N–H and O–H groups in total. The fourth-order valence-corrected chi connectivity index (χ4v) is 2.88. The van der Waals surface area contributed by atoms with Gasteiger partial charge >= 0.3 is 12.4 Å². The van der Waals surface area contributed by atoms with Crippen molar-refractivity contribution in [1.29, 1.82) is 0 Å². The van der Waals surface area contributed by atoms with E-state index in [0.717, 1.165) is 4.40 Å². The van der Waals surface area contributed by atoms with Crippen LogP contribution < -0.4 is 5.73 Å². The molecule has 0 saturated carbocycles. The lowest BCUT2D eigenvalue weighted by Crippen LogP contribution is -2.24. The van der Waals surface area contributed by atoms with Gasteiger partial charge in [0.2, 0.25) is 0 Å². The van der Waals surface area contributed by atoms with E-state index >= 15 is 0 Å². The Morgan fingerprint density at radius 3 is 2.43 bits per heavy atom. The minimum Gasteiger partial charge on any atom is -0.395 e. The van der Waals surface area contributed by atoms with Crippen LogP contribution in [0.3, 0.4) is 0 Å². The van der Waals surface area contributed by atoms with Gasteiger partial charge in [-0.15, -0.1) is 0 Å². The number of hydrogen-bond donors (Lipinski definition) is 2. The zero-order valence-electron chi connectivity index (χ0n) is 14.3. The number of alkyl halides is 6. The first-order chi connectivity index (χ1) is 12.9. The van der Waals surface area contributed by atoms with E-state index in [4.69, 9.17) is 10.8 Å². The molecule has 0 aliphatic heterocycles. The molecule has 3 aromatic rings. The monoisotopic (exact) mass is 404 g/mol. The molecule has 1 atom stereocenters. The van der Waals surface area contributed by atoms with Crippen molar-refractivity contribution in [1.82, 2.24) is 14.4 Å². The van der Waals surface area contributed by atoms with Gasteiger partial charge in [0.1, 0.15) is 5.92 Å². The highest BCUT2D eigenvalue weighted by atomic mass is 19.4. The van der Waals surface area contributed by atoms with Crippen molar-refractivity contribution >= 4 is 11.5 Å². The minimum absolute atomic E-state index is 0.0534. The number of fused-ring (bicyclic) bond motifs is 1. The summed E-state index contributed by atoms with van der Waals surface area (Å²) in [7, 11) is 0. The van der Waals surface area contributed by atoms with Gasteiger partial charge in [-0.3, -0.25) is 4.40 Å². The lowest BCUT2D eigenvalue weighted by atomic mass is 9.94. The summed E-state index contributed by atoms with van der Waals surface area (Å²) in [6.07, 6.45) is -7.55. The Hall–Kier alpha value is -2.82. The van der Waals surface area contributed by atoms with E-state index in [1.54, 1.807) is 6.92 Å². The molecule has 28 heavy (non-hydrogen) atoms. The third-order valence-corrected chi connectivity index (χ3v) is 4.33. The molecule has 0 radical (unpaired) electrons. The molecule has 1 unspecified atom stereocenters. The second kappa shape index (κ2) is 6.66. The van der Waals surface area contributed by atoms with Crippen LogP contribution in [0.5, 0.6) is 0 Å². The van der Waals surface area contributed by atoms with Crippen LogP contribution in [-0.2, 0) is 6.18 Å². The van der Waals surface area contributed by atoms with E-state index in [1.165, 1.54) is 24.4 Å². The standard InChI is InChI=1S/C17H14F6N4O/c1-8-2-3-9(11(7-28)16(18,19)20)4-10(8)12-5-25-15-14(24)26-13(6-27(12)15)17(21,22)23/h2-6,11,28H,7H2,1H3,(H2,24,26). The summed E-state index contributed by atoms with van der Waals surface area (Å²) in [5, 5.41) is 9.15. The van der Waals surface area contributed by atoms with Gasteiger partial charge in [-0.25, -0.2) is 9.97 Å². The molecule has 0 amide bonds. The average Bonchev–Trinajstić information content (AvgIpc) is 2.99. The maximum absolute atomic E-state index is 13.1. The van der Waals surface area contributed by atoms with Crippen molar-refractivity contribution < 1.29 is 31.4 Å².